The monoisotopic (exact) mass is 493 g/mol. The van der Waals surface area contributed by atoms with Gasteiger partial charge in [-0.3, -0.25) is 20.6 Å². The molecule has 2 aliphatic heterocycles. The first-order valence-electron chi connectivity index (χ1n) is 11.7. The minimum Gasteiger partial charge on any atom is -0.418 e. The molecular weight excluding hydrogens is 462 g/mol. The minimum atomic E-state index is -0.302. The molecule has 35 heavy (non-hydrogen) atoms. The fourth-order valence-corrected chi connectivity index (χ4v) is 4.77. The van der Waals surface area contributed by atoms with Crippen molar-refractivity contribution in [1.29, 1.82) is 10.8 Å². The molecule has 0 radical (unpaired) electrons. The molecule has 184 valence electrons. The fraction of sp³-hybridized carbons (Fsp3) is 0.360. The highest BCUT2D eigenvalue weighted by Crippen LogP contribution is 2.25. The number of nitrogens with one attached hydrogen (secondary N) is 5. The van der Waals surface area contributed by atoms with Crippen molar-refractivity contribution in [1.82, 2.24) is 20.9 Å². The third kappa shape index (κ3) is 5.84. The third-order valence-electron chi connectivity index (χ3n) is 5.97. The van der Waals surface area contributed by atoms with Crippen LogP contribution in [0.5, 0.6) is 0 Å². The molecule has 1 atom stereocenters. The summed E-state index contributed by atoms with van der Waals surface area (Å²) in [6.07, 6.45) is 2.75. The van der Waals surface area contributed by atoms with Gasteiger partial charge in [0.1, 0.15) is 5.70 Å². The summed E-state index contributed by atoms with van der Waals surface area (Å²) in [6.45, 7) is 5.58. The zero-order valence-electron chi connectivity index (χ0n) is 20.0. The molecule has 0 aliphatic carbocycles. The van der Waals surface area contributed by atoms with E-state index in [1.807, 2.05) is 41.6 Å². The molecule has 0 bridgehead atoms. The maximum atomic E-state index is 13.1. The van der Waals surface area contributed by atoms with E-state index in [-0.39, 0.29) is 23.7 Å². The van der Waals surface area contributed by atoms with Crippen molar-refractivity contribution >= 4 is 35.3 Å². The molecule has 1 aromatic carbocycles. The van der Waals surface area contributed by atoms with Crippen LogP contribution < -0.4 is 16.0 Å². The molecule has 3 heterocycles. The number of hydrogen-bond acceptors (Lipinski definition) is 9. The SMILES string of the molecule is CNCc1cc(C(=O)N2CCCNCC2)ccc1C1C=NC(C)=C(C(=N)OC(=N)c2cccs2)N1. The van der Waals surface area contributed by atoms with Crippen molar-refractivity contribution < 1.29 is 9.53 Å². The molecular formula is C25H31N7O2S. The molecule has 1 fully saturated rings. The number of carbonyl (C=O) groups excluding carboxylic acids is 1. The number of hydrogen-bond donors (Lipinski definition) is 5. The molecule has 1 saturated heterocycles. The molecule has 2 aliphatic rings. The average Bonchev–Trinajstić information content (AvgIpc) is 3.27. The fourth-order valence-electron chi connectivity index (χ4n) is 4.16. The van der Waals surface area contributed by atoms with Crippen LogP contribution in [0.3, 0.4) is 0 Å². The highest BCUT2D eigenvalue weighted by Gasteiger charge is 2.25. The first kappa shape index (κ1) is 24.8. The zero-order chi connectivity index (χ0) is 24.8. The summed E-state index contributed by atoms with van der Waals surface area (Å²) >= 11 is 1.39. The largest absolute Gasteiger partial charge is 0.418 e. The second-order valence-corrected chi connectivity index (χ2v) is 9.39. The van der Waals surface area contributed by atoms with E-state index in [9.17, 15) is 4.79 Å². The molecule has 1 aromatic heterocycles. The smallest absolute Gasteiger partial charge is 0.253 e. The Hall–Kier alpha value is -3.34. The number of carbonyl (C=O) groups is 1. The average molecular weight is 494 g/mol. The quantitative estimate of drug-likeness (QED) is 0.313. The van der Waals surface area contributed by atoms with Crippen LogP contribution >= 0.6 is 11.3 Å². The Morgan fingerprint density at radius 3 is 2.89 bits per heavy atom. The Balaban J connectivity index is 1.52. The summed E-state index contributed by atoms with van der Waals surface area (Å²) in [6, 6.07) is 9.09. The Kier molecular flexibility index (Phi) is 8.06. The van der Waals surface area contributed by atoms with Crippen LogP contribution in [0, 0.1) is 10.8 Å². The van der Waals surface area contributed by atoms with Crippen LogP contribution in [0.2, 0.25) is 0 Å². The summed E-state index contributed by atoms with van der Waals surface area (Å²) in [7, 11) is 1.87. The lowest BCUT2D eigenvalue weighted by atomic mass is 9.96. The molecule has 0 spiro atoms. The highest BCUT2D eigenvalue weighted by molar-refractivity contribution is 7.12. The number of allylic oxidation sites excluding steroid dienone is 1. The van der Waals surface area contributed by atoms with Crippen molar-refractivity contribution in [3.8, 4) is 0 Å². The Morgan fingerprint density at radius 2 is 2.11 bits per heavy atom. The van der Waals surface area contributed by atoms with E-state index in [4.69, 9.17) is 15.6 Å². The van der Waals surface area contributed by atoms with Crippen LogP contribution in [0.1, 0.15) is 45.7 Å². The highest BCUT2D eigenvalue weighted by atomic mass is 32.1. The van der Waals surface area contributed by atoms with Crippen LogP contribution in [0.15, 0.2) is 52.1 Å². The lowest BCUT2D eigenvalue weighted by Crippen LogP contribution is -2.35. The topological polar surface area (TPSA) is 126 Å². The van der Waals surface area contributed by atoms with Gasteiger partial charge in [0.2, 0.25) is 11.8 Å². The first-order valence-corrected chi connectivity index (χ1v) is 12.5. The number of aliphatic imine (C=N–C) groups is 1. The van der Waals surface area contributed by atoms with Crippen LogP contribution in [-0.4, -0.2) is 62.0 Å². The predicted molar refractivity (Wildman–Crippen MR) is 140 cm³/mol. The molecule has 9 nitrogen and oxygen atoms in total. The van der Waals surface area contributed by atoms with Crippen LogP contribution in [-0.2, 0) is 11.3 Å². The van der Waals surface area contributed by atoms with Gasteiger partial charge in [-0.1, -0.05) is 12.1 Å². The minimum absolute atomic E-state index is 0.0431. The third-order valence-corrected chi connectivity index (χ3v) is 6.84. The standard InChI is InChI=1S/C25H31N7O2S/c1-16-22(24(27)34-23(26)21-5-3-12-35-21)31-20(15-30-16)19-7-6-17(13-18(19)14-28-2)25(33)32-10-4-8-29-9-11-32/h3,5-7,12-13,15,20,26-29,31H,4,8-11,14H2,1-2H3. The van der Waals surface area contributed by atoms with Crippen molar-refractivity contribution in [3.63, 3.8) is 0 Å². The van der Waals surface area contributed by atoms with E-state index >= 15 is 0 Å². The molecule has 1 unspecified atom stereocenters. The van der Waals surface area contributed by atoms with Gasteiger partial charge in [-0.15, -0.1) is 11.3 Å². The predicted octanol–water partition coefficient (Wildman–Crippen LogP) is 2.87. The number of benzene rings is 1. The summed E-state index contributed by atoms with van der Waals surface area (Å²) in [5.74, 6) is -0.179. The van der Waals surface area contributed by atoms with Crippen LogP contribution in [0.4, 0.5) is 0 Å². The molecule has 4 rings (SSSR count). The normalized spacial score (nSPS) is 18.1. The van der Waals surface area contributed by atoms with Gasteiger partial charge in [0.05, 0.1) is 16.6 Å². The number of nitrogens with zero attached hydrogens (tertiary/aromatic N) is 2. The zero-order valence-corrected chi connectivity index (χ0v) is 20.8. The van der Waals surface area contributed by atoms with Crippen molar-refractivity contribution in [2.24, 2.45) is 4.99 Å². The second-order valence-electron chi connectivity index (χ2n) is 8.44. The van der Waals surface area contributed by atoms with E-state index in [0.29, 0.717) is 34.9 Å². The number of rotatable bonds is 6. The van der Waals surface area contributed by atoms with Gasteiger partial charge in [-0.2, -0.15) is 0 Å². The Labute approximate surface area is 209 Å². The summed E-state index contributed by atoms with van der Waals surface area (Å²) < 4.78 is 5.51. The van der Waals surface area contributed by atoms with E-state index in [1.54, 1.807) is 19.2 Å². The summed E-state index contributed by atoms with van der Waals surface area (Å²) in [5, 5.41) is 28.3. The molecule has 0 saturated carbocycles. The Morgan fingerprint density at radius 1 is 1.26 bits per heavy atom. The Bertz CT molecular complexity index is 1150. The number of amides is 1. The number of ether oxygens (including phenoxy) is 1. The molecule has 5 N–H and O–H groups in total. The van der Waals surface area contributed by atoms with E-state index in [0.717, 1.165) is 37.2 Å². The second kappa shape index (κ2) is 11.4. The molecule has 1 amide bonds. The van der Waals surface area contributed by atoms with Gasteiger partial charge >= 0.3 is 0 Å². The summed E-state index contributed by atoms with van der Waals surface area (Å²) in [4.78, 5) is 20.2. The lowest BCUT2D eigenvalue weighted by Gasteiger charge is -2.26. The van der Waals surface area contributed by atoms with Crippen molar-refractivity contribution in [2.75, 3.05) is 33.2 Å². The van der Waals surface area contributed by atoms with Gasteiger partial charge in [-0.25, -0.2) is 0 Å². The van der Waals surface area contributed by atoms with Crippen molar-refractivity contribution in [2.45, 2.75) is 25.9 Å². The van der Waals surface area contributed by atoms with Gasteiger partial charge in [0.25, 0.3) is 5.91 Å². The van der Waals surface area contributed by atoms with Gasteiger partial charge in [-0.05, 0) is 61.6 Å². The van der Waals surface area contributed by atoms with Gasteiger partial charge in [0.15, 0.2) is 0 Å². The first-order chi connectivity index (χ1) is 17.0. The van der Waals surface area contributed by atoms with E-state index < -0.39 is 0 Å². The van der Waals surface area contributed by atoms with Crippen molar-refractivity contribution in [3.05, 3.63) is 68.7 Å². The number of thiophene rings is 1. The molecule has 10 heteroatoms. The van der Waals surface area contributed by atoms with Crippen LogP contribution in [0.25, 0.3) is 0 Å². The van der Waals surface area contributed by atoms with Gasteiger partial charge in [0, 0.05) is 38.0 Å². The lowest BCUT2D eigenvalue weighted by molar-refractivity contribution is 0.0766. The summed E-state index contributed by atoms with van der Waals surface area (Å²) in [5.41, 5.74) is 3.66. The maximum absolute atomic E-state index is 13.1. The van der Waals surface area contributed by atoms with E-state index in [2.05, 4.69) is 20.9 Å². The maximum Gasteiger partial charge on any atom is 0.253 e. The van der Waals surface area contributed by atoms with E-state index in [1.165, 1.54) is 11.3 Å². The molecule has 2 aromatic rings. The van der Waals surface area contributed by atoms with Gasteiger partial charge < -0.3 is 25.6 Å².